The maximum absolute atomic E-state index is 12.1. The van der Waals surface area contributed by atoms with Crippen molar-refractivity contribution in [1.29, 1.82) is 0 Å². The Morgan fingerprint density at radius 2 is 2.28 bits per heavy atom. The minimum atomic E-state index is -0.560. The molecule has 0 saturated carbocycles. The van der Waals surface area contributed by atoms with Gasteiger partial charge in [0.25, 0.3) is 0 Å². The number of hydrogen-bond acceptors (Lipinski definition) is 4. The van der Waals surface area contributed by atoms with Crippen molar-refractivity contribution in [3.8, 4) is 0 Å². The predicted octanol–water partition coefficient (Wildman–Crippen LogP) is 3.17. The van der Waals surface area contributed by atoms with Crippen molar-refractivity contribution in [2.24, 2.45) is 0 Å². The number of hydrogen-bond donors (Lipinski definition) is 0. The van der Waals surface area contributed by atoms with Crippen LogP contribution in [0.25, 0.3) is 0 Å². The van der Waals surface area contributed by atoms with Gasteiger partial charge in [0.15, 0.2) is 5.82 Å². The van der Waals surface area contributed by atoms with E-state index < -0.39 is 11.7 Å². The fraction of sp³-hybridized carbons (Fsp3) is 0.417. The lowest BCUT2D eigenvalue weighted by Gasteiger charge is -2.26. The van der Waals surface area contributed by atoms with E-state index in [1.54, 1.807) is 12.3 Å². The number of aromatic nitrogens is 2. The van der Waals surface area contributed by atoms with E-state index in [0.717, 1.165) is 0 Å². The summed E-state index contributed by atoms with van der Waals surface area (Å²) in [6.07, 6.45) is 4.09. The van der Waals surface area contributed by atoms with Crippen molar-refractivity contribution in [3.63, 3.8) is 0 Å². The van der Waals surface area contributed by atoms with Gasteiger partial charge in [0.2, 0.25) is 0 Å². The average molecular weight is 314 g/mol. The molecule has 1 heterocycles. The molecule has 1 rings (SSSR count). The second-order valence-electron chi connectivity index (χ2n) is 4.57. The first-order valence-corrected chi connectivity index (χ1v) is 6.21. The lowest BCUT2D eigenvalue weighted by molar-refractivity contribution is 0.0583. The quantitative estimate of drug-likeness (QED) is 0.804. The number of ether oxygens (including phenoxy) is 1. The molecule has 5 nitrogen and oxygen atoms in total. The number of carbonyl (C=O) groups excluding carboxylic acids is 1. The van der Waals surface area contributed by atoms with E-state index >= 15 is 0 Å². The number of anilines is 1. The van der Waals surface area contributed by atoms with Gasteiger partial charge in [-0.05, 0) is 36.7 Å². The first kappa shape index (κ1) is 14.6. The molecule has 1 amide bonds. The summed E-state index contributed by atoms with van der Waals surface area (Å²) in [4.78, 5) is 21.4. The van der Waals surface area contributed by atoms with E-state index in [4.69, 9.17) is 4.74 Å². The molecular formula is C12H16BrN3O2. The van der Waals surface area contributed by atoms with E-state index in [1.165, 1.54) is 11.2 Å². The van der Waals surface area contributed by atoms with Gasteiger partial charge in [-0.2, -0.15) is 0 Å². The van der Waals surface area contributed by atoms with Gasteiger partial charge in [0.1, 0.15) is 11.9 Å². The summed E-state index contributed by atoms with van der Waals surface area (Å²) >= 11 is 3.31. The van der Waals surface area contributed by atoms with Crippen LogP contribution in [0, 0.1) is 0 Å². The van der Waals surface area contributed by atoms with Crippen LogP contribution in [0.15, 0.2) is 29.7 Å². The molecule has 0 spiro atoms. The normalized spacial score (nSPS) is 10.9. The Balaban J connectivity index is 3.00. The molecule has 0 aliphatic heterocycles. The maximum atomic E-state index is 12.1. The summed E-state index contributed by atoms with van der Waals surface area (Å²) in [6, 6.07) is 0. The van der Waals surface area contributed by atoms with Crippen LogP contribution in [0.4, 0.5) is 10.6 Å². The Bertz CT molecular complexity index is 443. The van der Waals surface area contributed by atoms with Gasteiger partial charge in [-0.1, -0.05) is 6.08 Å². The van der Waals surface area contributed by atoms with Crippen molar-refractivity contribution in [1.82, 2.24) is 9.97 Å². The number of nitrogens with zero attached hydrogens (tertiary/aromatic N) is 3. The van der Waals surface area contributed by atoms with Gasteiger partial charge < -0.3 is 4.74 Å². The van der Waals surface area contributed by atoms with Gasteiger partial charge in [-0.3, -0.25) is 4.90 Å². The highest BCUT2D eigenvalue weighted by Crippen LogP contribution is 2.23. The molecule has 0 aliphatic rings. The standard InChI is InChI=1S/C12H16BrN3O2/c1-5-6-16(11(17)18-12(2,3)4)10-9(13)7-14-8-15-10/h5,7-8H,1,6H2,2-4H3. The molecule has 0 aromatic carbocycles. The highest BCUT2D eigenvalue weighted by molar-refractivity contribution is 9.10. The van der Waals surface area contributed by atoms with Crippen molar-refractivity contribution < 1.29 is 9.53 Å². The molecule has 0 fully saturated rings. The topological polar surface area (TPSA) is 55.3 Å². The molecule has 0 bridgehead atoms. The Morgan fingerprint density at radius 1 is 1.61 bits per heavy atom. The maximum Gasteiger partial charge on any atom is 0.416 e. The number of carbonyl (C=O) groups is 1. The van der Waals surface area contributed by atoms with Crippen molar-refractivity contribution in [2.45, 2.75) is 26.4 Å². The van der Waals surface area contributed by atoms with Crippen LogP contribution >= 0.6 is 15.9 Å². The summed E-state index contributed by atoms with van der Waals surface area (Å²) in [6.45, 7) is 9.37. The Morgan fingerprint density at radius 3 is 2.78 bits per heavy atom. The Labute approximate surface area is 115 Å². The zero-order valence-corrected chi connectivity index (χ0v) is 12.3. The van der Waals surface area contributed by atoms with Gasteiger partial charge in [-0.25, -0.2) is 14.8 Å². The van der Waals surface area contributed by atoms with E-state index in [0.29, 0.717) is 16.8 Å². The lowest BCUT2D eigenvalue weighted by Crippen LogP contribution is -2.37. The number of amides is 1. The van der Waals surface area contributed by atoms with Crippen molar-refractivity contribution in [3.05, 3.63) is 29.7 Å². The molecule has 0 radical (unpaired) electrons. The van der Waals surface area contributed by atoms with E-state index in [9.17, 15) is 4.79 Å². The van der Waals surface area contributed by atoms with Crippen molar-refractivity contribution >= 4 is 27.8 Å². The summed E-state index contributed by atoms with van der Waals surface area (Å²) in [7, 11) is 0. The smallest absolute Gasteiger partial charge is 0.416 e. The zero-order chi connectivity index (χ0) is 13.8. The Kier molecular flexibility index (Phi) is 4.84. The van der Waals surface area contributed by atoms with Crippen LogP contribution in [0.1, 0.15) is 20.8 Å². The third-order valence-electron chi connectivity index (χ3n) is 1.83. The molecular weight excluding hydrogens is 298 g/mol. The summed E-state index contributed by atoms with van der Waals surface area (Å²) < 4.78 is 5.94. The first-order chi connectivity index (χ1) is 8.35. The molecule has 0 aliphatic carbocycles. The number of halogens is 1. The minimum absolute atomic E-state index is 0.310. The molecule has 0 N–H and O–H groups in total. The highest BCUT2D eigenvalue weighted by atomic mass is 79.9. The van der Waals surface area contributed by atoms with Crippen LogP contribution in [-0.2, 0) is 4.74 Å². The molecule has 0 unspecified atom stereocenters. The summed E-state index contributed by atoms with van der Waals surface area (Å²) in [5.74, 6) is 0.458. The van der Waals surface area contributed by atoms with Gasteiger partial charge in [-0.15, -0.1) is 6.58 Å². The molecule has 0 atom stereocenters. The molecule has 1 aromatic heterocycles. The van der Waals surface area contributed by atoms with E-state index in [-0.39, 0.29) is 0 Å². The third-order valence-corrected chi connectivity index (χ3v) is 2.39. The van der Waals surface area contributed by atoms with Gasteiger partial charge >= 0.3 is 6.09 Å². The first-order valence-electron chi connectivity index (χ1n) is 5.42. The fourth-order valence-corrected chi connectivity index (χ4v) is 1.63. The molecule has 0 saturated heterocycles. The van der Waals surface area contributed by atoms with Gasteiger partial charge in [0.05, 0.1) is 4.47 Å². The minimum Gasteiger partial charge on any atom is -0.443 e. The van der Waals surface area contributed by atoms with Crippen LogP contribution < -0.4 is 4.90 Å². The SMILES string of the molecule is C=CCN(C(=O)OC(C)(C)C)c1ncncc1Br. The second-order valence-corrected chi connectivity index (χ2v) is 5.43. The van der Waals surface area contributed by atoms with E-state index in [2.05, 4.69) is 32.5 Å². The Hall–Kier alpha value is -1.43. The second kappa shape index (κ2) is 5.95. The zero-order valence-electron chi connectivity index (χ0n) is 10.7. The van der Waals surface area contributed by atoms with Gasteiger partial charge in [0, 0.05) is 12.7 Å². The third kappa shape index (κ3) is 4.10. The van der Waals surface area contributed by atoms with Crippen molar-refractivity contribution in [2.75, 3.05) is 11.4 Å². The van der Waals surface area contributed by atoms with E-state index in [1.807, 2.05) is 20.8 Å². The molecule has 6 heteroatoms. The molecule has 98 valence electrons. The molecule has 1 aromatic rings. The lowest BCUT2D eigenvalue weighted by atomic mass is 10.2. The van der Waals surface area contributed by atoms with Crippen LogP contribution in [-0.4, -0.2) is 28.2 Å². The number of rotatable bonds is 3. The van der Waals surface area contributed by atoms with Crippen LogP contribution in [0.5, 0.6) is 0 Å². The largest absolute Gasteiger partial charge is 0.443 e. The predicted molar refractivity (Wildman–Crippen MR) is 73.5 cm³/mol. The van der Waals surface area contributed by atoms with Crippen LogP contribution in [0.2, 0.25) is 0 Å². The monoisotopic (exact) mass is 313 g/mol. The summed E-state index contributed by atoms with van der Waals surface area (Å²) in [5, 5.41) is 0. The van der Waals surface area contributed by atoms with Crippen LogP contribution in [0.3, 0.4) is 0 Å². The highest BCUT2D eigenvalue weighted by Gasteiger charge is 2.24. The fourth-order valence-electron chi connectivity index (χ4n) is 1.20. The molecule has 18 heavy (non-hydrogen) atoms. The summed E-state index contributed by atoms with van der Waals surface area (Å²) in [5.41, 5.74) is -0.560. The average Bonchev–Trinajstić information content (AvgIpc) is 2.24.